The summed E-state index contributed by atoms with van der Waals surface area (Å²) in [6.07, 6.45) is 1.55. The van der Waals surface area contributed by atoms with Gasteiger partial charge in [0.25, 0.3) is 0 Å². The molecule has 4 aromatic rings. The van der Waals surface area contributed by atoms with Gasteiger partial charge in [-0.05, 0) is 48.5 Å². The van der Waals surface area contributed by atoms with Gasteiger partial charge in [0, 0.05) is 10.7 Å². The van der Waals surface area contributed by atoms with Crippen LogP contribution in [0.25, 0.3) is 17.3 Å². The number of hydrogen-bond donors (Lipinski definition) is 1. The number of amides is 1. The van der Waals surface area contributed by atoms with E-state index >= 15 is 0 Å². The largest absolute Gasteiger partial charge is 0.461 e. The predicted molar refractivity (Wildman–Crippen MR) is 110 cm³/mol. The number of halogens is 2. The Morgan fingerprint density at radius 2 is 1.90 bits per heavy atom. The Hall–Kier alpha value is -3.10. The first-order chi connectivity index (χ1) is 14.1. The van der Waals surface area contributed by atoms with E-state index in [4.69, 9.17) is 16.0 Å². The quantitative estimate of drug-likeness (QED) is 0.435. The van der Waals surface area contributed by atoms with Crippen LogP contribution in [-0.2, 0) is 4.79 Å². The van der Waals surface area contributed by atoms with E-state index in [0.717, 1.165) is 5.69 Å². The van der Waals surface area contributed by atoms with E-state index in [9.17, 15) is 9.18 Å². The monoisotopic (exact) mass is 428 g/mol. The molecule has 0 aliphatic heterocycles. The number of carbonyl (C=O) groups is 1. The minimum absolute atomic E-state index is 0.0260. The number of thioether (sulfide) groups is 1. The zero-order chi connectivity index (χ0) is 20.2. The van der Waals surface area contributed by atoms with Crippen LogP contribution in [-0.4, -0.2) is 26.4 Å². The van der Waals surface area contributed by atoms with Crippen molar-refractivity contribution >= 4 is 35.0 Å². The summed E-state index contributed by atoms with van der Waals surface area (Å²) in [5.74, 6) is 0.211. The minimum Gasteiger partial charge on any atom is -0.461 e. The van der Waals surface area contributed by atoms with Gasteiger partial charge in [-0.1, -0.05) is 35.5 Å². The van der Waals surface area contributed by atoms with Crippen molar-refractivity contribution in [3.8, 4) is 17.3 Å². The van der Waals surface area contributed by atoms with Gasteiger partial charge < -0.3 is 9.73 Å². The molecule has 0 aliphatic rings. The number of carbonyl (C=O) groups excluding carboxylic acids is 1. The number of benzene rings is 2. The molecular formula is C20H14ClFN4O2S. The van der Waals surface area contributed by atoms with Crippen LogP contribution in [0.1, 0.15) is 0 Å². The highest BCUT2D eigenvalue weighted by Crippen LogP contribution is 2.29. The van der Waals surface area contributed by atoms with Crippen molar-refractivity contribution in [2.75, 3.05) is 11.1 Å². The average Bonchev–Trinajstić information content (AvgIpc) is 3.38. The highest BCUT2D eigenvalue weighted by Gasteiger charge is 2.19. The third-order valence-electron chi connectivity index (χ3n) is 3.94. The Morgan fingerprint density at radius 3 is 2.62 bits per heavy atom. The van der Waals surface area contributed by atoms with Crippen LogP contribution in [0.5, 0.6) is 0 Å². The molecule has 0 saturated heterocycles. The van der Waals surface area contributed by atoms with Crippen LogP contribution < -0.4 is 5.32 Å². The highest BCUT2D eigenvalue weighted by atomic mass is 35.5. The van der Waals surface area contributed by atoms with Crippen molar-refractivity contribution in [2.24, 2.45) is 0 Å². The van der Waals surface area contributed by atoms with Crippen LogP contribution in [0.15, 0.2) is 76.5 Å². The first-order valence-electron chi connectivity index (χ1n) is 8.54. The Bertz CT molecular complexity index is 1130. The lowest BCUT2D eigenvalue weighted by molar-refractivity contribution is -0.113. The van der Waals surface area contributed by atoms with Gasteiger partial charge in [-0.15, -0.1) is 10.2 Å². The first-order valence-corrected chi connectivity index (χ1v) is 9.90. The highest BCUT2D eigenvalue weighted by molar-refractivity contribution is 7.99. The fraction of sp³-hybridized carbons (Fsp3) is 0.0500. The summed E-state index contributed by atoms with van der Waals surface area (Å²) in [6.45, 7) is 0. The van der Waals surface area contributed by atoms with E-state index in [1.807, 2.05) is 12.1 Å². The molecule has 146 valence electrons. The Kier molecular flexibility index (Phi) is 5.64. The number of nitrogens with zero attached hydrogens (tertiary/aromatic N) is 3. The molecule has 2 aromatic carbocycles. The molecule has 0 spiro atoms. The summed E-state index contributed by atoms with van der Waals surface area (Å²) in [7, 11) is 0. The maximum absolute atomic E-state index is 13.7. The van der Waals surface area contributed by atoms with Crippen molar-refractivity contribution in [3.63, 3.8) is 0 Å². The van der Waals surface area contributed by atoms with Gasteiger partial charge in [-0.3, -0.25) is 9.36 Å². The van der Waals surface area contributed by atoms with Crippen molar-refractivity contribution in [3.05, 3.63) is 77.8 Å². The van der Waals surface area contributed by atoms with Gasteiger partial charge in [-0.2, -0.15) is 0 Å². The number of aromatic nitrogens is 3. The molecule has 0 unspecified atom stereocenters. The van der Waals surface area contributed by atoms with E-state index in [2.05, 4.69) is 15.5 Å². The normalized spacial score (nSPS) is 10.8. The predicted octanol–water partition coefficient (Wildman–Crippen LogP) is 5.05. The number of nitrogens with one attached hydrogen (secondary N) is 1. The van der Waals surface area contributed by atoms with Crippen LogP contribution in [0, 0.1) is 5.82 Å². The van der Waals surface area contributed by atoms with E-state index in [1.54, 1.807) is 47.2 Å². The van der Waals surface area contributed by atoms with Crippen molar-refractivity contribution in [2.45, 2.75) is 5.16 Å². The molecule has 4 rings (SSSR count). The number of rotatable bonds is 6. The smallest absolute Gasteiger partial charge is 0.234 e. The molecule has 0 saturated carbocycles. The second-order valence-corrected chi connectivity index (χ2v) is 7.29. The molecule has 1 amide bonds. The lowest BCUT2D eigenvalue weighted by Gasteiger charge is -2.10. The van der Waals surface area contributed by atoms with E-state index in [1.165, 1.54) is 23.9 Å². The van der Waals surface area contributed by atoms with Gasteiger partial charge in [0.15, 0.2) is 10.9 Å². The van der Waals surface area contributed by atoms with Gasteiger partial charge in [0.2, 0.25) is 11.7 Å². The van der Waals surface area contributed by atoms with E-state index in [0.29, 0.717) is 21.8 Å². The summed E-state index contributed by atoms with van der Waals surface area (Å²) in [5, 5.41) is 12.0. The van der Waals surface area contributed by atoms with E-state index < -0.39 is 5.82 Å². The summed E-state index contributed by atoms with van der Waals surface area (Å²) in [5.41, 5.74) is 0.899. The molecule has 2 aromatic heterocycles. The number of furan rings is 1. The molecule has 9 heteroatoms. The molecule has 29 heavy (non-hydrogen) atoms. The maximum Gasteiger partial charge on any atom is 0.234 e. The average molecular weight is 429 g/mol. The SMILES string of the molecule is O=C(CSc1nnc(-c2ccco2)n1-c1ccc(Cl)cc1)Nc1ccccc1F. The summed E-state index contributed by atoms with van der Waals surface area (Å²) < 4.78 is 21.0. The molecule has 0 aliphatic carbocycles. The van der Waals surface area contributed by atoms with Crippen LogP contribution in [0.4, 0.5) is 10.1 Å². The molecule has 2 heterocycles. The molecule has 1 N–H and O–H groups in total. The van der Waals surface area contributed by atoms with Crippen molar-refractivity contribution < 1.29 is 13.6 Å². The minimum atomic E-state index is -0.490. The van der Waals surface area contributed by atoms with E-state index in [-0.39, 0.29) is 17.3 Å². The lowest BCUT2D eigenvalue weighted by atomic mass is 10.3. The molecule has 0 atom stereocenters. The van der Waals surface area contributed by atoms with Crippen LogP contribution in [0.2, 0.25) is 5.02 Å². The van der Waals surface area contributed by atoms with Gasteiger partial charge in [0.1, 0.15) is 5.82 Å². The number of para-hydroxylation sites is 1. The van der Waals surface area contributed by atoms with Crippen LogP contribution in [0.3, 0.4) is 0 Å². The Labute approximate surface area is 174 Å². The van der Waals surface area contributed by atoms with Crippen LogP contribution >= 0.6 is 23.4 Å². The van der Waals surface area contributed by atoms with Gasteiger partial charge >= 0.3 is 0 Å². The fourth-order valence-corrected chi connectivity index (χ4v) is 3.51. The molecule has 0 fully saturated rings. The van der Waals surface area contributed by atoms with Crippen molar-refractivity contribution in [1.82, 2.24) is 14.8 Å². The second-order valence-electron chi connectivity index (χ2n) is 5.91. The second kappa shape index (κ2) is 8.50. The maximum atomic E-state index is 13.7. The summed E-state index contributed by atoms with van der Waals surface area (Å²) >= 11 is 7.17. The molecule has 6 nitrogen and oxygen atoms in total. The Morgan fingerprint density at radius 1 is 1.10 bits per heavy atom. The Balaban J connectivity index is 1.58. The zero-order valence-electron chi connectivity index (χ0n) is 14.9. The van der Waals surface area contributed by atoms with Crippen molar-refractivity contribution in [1.29, 1.82) is 0 Å². The summed E-state index contributed by atoms with van der Waals surface area (Å²) in [6, 6.07) is 16.7. The first kappa shape index (κ1) is 19.2. The molecule has 0 radical (unpaired) electrons. The molecular weight excluding hydrogens is 415 g/mol. The van der Waals surface area contributed by atoms with Gasteiger partial charge in [-0.25, -0.2) is 4.39 Å². The third-order valence-corrected chi connectivity index (χ3v) is 5.12. The topological polar surface area (TPSA) is 73.0 Å². The standard InChI is InChI=1S/C20H14ClFN4O2S/c21-13-7-9-14(10-8-13)26-19(17-6-3-11-28-17)24-25-20(26)29-12-18(27)23-16-5-2-1-4-15(16)22/h1-11H,12H2,(H,23,27). The zero-order valence-corrected chi connectivity index (χ0v) is 16.5. The number of hydrogen-bond acceptors (Lipinski definition) is 5. The lowest BCUT2D eigenvalue weighted by Crippen LogP contribution is -2.15. The third kappa shape index (κ3) is 4.33. The fourth-order valence-electron chi connectivity index (χ4n) is 2.63. The number of anilines is 1. The molecule has 0 bridgehead atoms. The summed E-state index contributed by atoms with van der Waals surface area (Å²) in [4.78, 5) is 12.3. The van der Waals surface area contributed by atoms with Gasteiger partial charge in [0.05, 0.1) is 17.7 Å².